The fourth-order valence-electron chi connectivity index (χ4n) is 3.88. The third-order valence-electron chi connectivity index (χ3n) is 4.99. The summed E-state index contributed by atoms with van der Waals surface area (Å²) in [6.07, 6.45) is 7.33. The molecule has 1 N–H and O–H groups in total. The van der Waals surface area contributed by atoms with E-state index in [2.05, 4.69) is 36.2 Å². The Morgan fingerprint density at radius 1 is 1.20 bits per heavy atom. The molecule has 2 nitrogen and oxygen atoms in total. The number of ether oxygens (including phenoxy) is 1. The van der Waals surface area contributed by atoms with E-state index in [0.717, 1.165) is 17.9 Å². The predicted octanol–water partition coefficient (Wildman–Crippen LogP) is 6.38. The highest BCUT2D eigenvalue weighted by atomic mass is 35.5. The summed E-state index contributed by atoms with van der Waals surface area (Å²) in [6.45, 7) is 4.19. The number of allylic oxidation sites excluding steroid dienone is 2. The lowest BCUT2D eigenvalue weighted by Gasteiger charge is -2.38. The van der Waals surface area contributed by atoms with Crippen molar-refractivity contribution in [3.8, 4) is 5.75 Å². The van der Waals surface area contributed by atoms with Crippen molar-refractivity contribution in [1.29, 1.82) is 0 Å². The zero-order valence-corrected chi connectivity index (χ0v) is 15.2. The molecule has 3 atom stereocenters. The van der Waals surface area contributed by atoms with Crippen LogP contribution in [0.5, 0.6) is 5.75 Å². The van der Waals surface area contributed by atoms with Gasteiger partial charge < -0.3 is 10.1 Å². The molecule has 0 amide bonds. The third kappa shape index (κ3) is 3.05. The van der Waals surface area contributed by atoms with Gasteiger partial charge in [-0.3, -0.25) is 0 Å². The van der Waals surface area contributed by atoms with E-state index in [1.807, 2.05) is 18.2 Å². The summed E-state index contributed by atoms with van der Waals surface area (Å²) in [5.74, 6) is 1.65. The fourth-order valence-corrected chi connectivity index (χ4v) is 4.44. The van der Waals surface area contributed by atoms with Crippen LogP contribution < -0.4 is 10.1 Å². The number of nitrogens with one attached hydrogen (secondary N) is 1. The van der Waals surface area contributed by atoms with Gasteiger partial charge in [0.1, 0.15) is 12.4 Å². The van der Waals surface area contributed by atoms with Gasteiger partial charge in [0.05, 0.1) is 16.8 Å². The summed E-state index contributed by atoms with van der Waals surface area (Å²) in [5.41, 5.74) is 3.43. The molecule has 0 spiro atoms. The summed E-state index contributed by atoms with van der Waals surface area (Å²) in [7, 11) is 0. The normalized spacial score (nSPS) is 23.5. The molecule has 4 heteroatoms. The van der Waals surface area contributed by atoms with Crippen LogP contribution in [0.25, 0.3) is 0 Å². The van der Waals surface area contributed by atoms with Gasteiger partial charge in [0.2, 0.25) is 0 Å². The number of fused-ring (bicyclic) bond motifs is 3. The van der Waals surface area contributed by atoms with Crippen LogP contribution in [0, 0.1) is 5.92 Å². The lowest BCUT2D eigenvalue weighted by molar-refractivity contribution is 0.362. The van der Waals surface area contributed by atoms with Crippen molar-refractivity contribution >= 4 is 28.9 Å². The molecule has 0 bridgehead atoms. The second kappa shape index (κ2) is 6.78. The first-order chi connectivity index (χ1) is 12.2. The molecule has 0 aromatic heterocycles. The molecular weight excluding hydrogens is 353 g/mol. The van der Waals surface area contributed by atoms with Crippen LogP contribution in [-0.4, -0.2) is 6.61 Å². The standard InChI is InChI=1S/C21H19Cl2NO/c1-2-10-25-15-8-6-13(7-9-15)20-17-5-3-4-16(17)18-11-14(22)12-19(23)21(18)24-20/h2-4,6-9,11-12,16-17,20,24H,1,5,10H2/t16-,17+,20+/m1/s1. The molecule has 1 heterocycles. The average molecular weight is 372 g/mol. The largest absolute Gasteiger partial charge is 0.490 e. The Hall–Kier alpha value is -1.90. The van der Waals surface area contributed by atoms with E-state index < -0.39 is 0 Å². The lowest BCUT2D eigenvalue weighted by Crippen LogP contribution is -2.29. The maximum absolute atomic E-state index is 6.47. The van der Waals surface area contributed by atoms with Crippen molar-refractivity contribution in [2.45, 2.75) is 18.4 Å². The molecule has 2 aliphatic rings. The van der Waals surface area contributed by atoms with Gasteiger partial charge in [0.25, 0.3) is 0 Å². The van der Waals surface area contributed by atoms with Crippen LogP contribution in [0.3, 0.4) is 0 Å². The van der Waals surface area contributed by atoms with E-state index >= 15 is 0 Å². The summed E-state index contributed by atoms with van der Waals surface area (Å²) in [6, 6.07) is 12.3. The van der Waals surface area contributed by atoms with Crippen LogP contribution in [0.1, 0.15) is 29.5 Å². The zero-order chi connectivity index (χ0) is 17.4. The first-order valence-electron chi connectivity index (χ1n) is 8.43. The Morgan fingerprint density at radius 2 is 2.00 bits per heavy atom. The van der Waals surface area contributed by atoms with Gasteiger partial charge in [-0.2, -0.15) is 0 Å². The second-order valence-corrected chi connectivity index (χ2v) is 7.34. The monoisotopic (exact) mass is 371 g/mol. The summed E-state index contributed by atoms with van der Waals surface area (Å²) in [4.78, 5) is 0. The highest BCUT2D eigenvalue weighted by Crippen LogP contribution is 2.52. The predicted molar refractivity (Wildman–Crippen MR) is 105 cm³/mol. The van der Waals surface area contributed by atoms with Crippen molar-refractivity contribution in [2.75, 3.05) is 11.9 Å². The first-order valence-corrected chi connectivity index (χ1v) is 9.19. The zero-order valence-electron chi connectivity index (χ0n) is 13.7. The first kappa shape index (κ1) is 16.6. The topological polar surface area (TPSA) is 21.3 Å². The van der Waals surface area contributed by atoms with E-state index in [9.17, 15) is 0 Å². The Bertz CT molecular complexity index is 829. The van der Waals surface area contributed by atoms with Gasteiger partial charge in [-0.15, -0.1) is 0 Å². The van der Waals surface area contributed by atoms with Crippen molar-refractivity contribution < 1.29 is 4.74 Å². The van der Waals surface area contributed by atoms with Gasteiger partial charge in [0, 0.05) is 10.9 Å². The molecule has 1 aliphatic heterocycles. The Morgan fingerprint density at radius 3 is 2.76 bits per heavy atom. The van der Waals surface area contributed by atoms with Crippen LogP contribution >= 0.6 is 23.2 Å². The highest BCUT2D eigenvalue weighted by Gasteiger charge is 2.38. The molecule has 0 saturated heterocycles. The van der Waals surface area contributed by atoms with Crippen molar-refractivity contribution in [3.63, 3.8) is 0 Å². The maximum Gasteiger partial charge on any atom is 0.119 e. The second-order valence-electron chi connectivity index (χ2n) is 6.50. The van der Waals surface area contributed by atoms with Gasteiger partial charge in [0.15, 0.2) is 0 Å². The van der Waals surface area contributed by atoms with Gasteiger partial charge in [-0.1, -0.05) is 60.1 Å². The van der Waals surface area contributed by atoms with Gasteiger partial charge in [-0.05, 0) is 47.7 Å². The molecule has 4 rings (SSSR count). The molecule has 0 fully saturated rings. The lowest BCUT2D eigenvalue weighted by atomic mass is 9.77. The fraction of sp³-hybridized carbons (Fsp3) is 0.238. The molecule has 1 aliphatic carbocycles. The Labute approximate surface area is 158 Å². The smallest absolute Gasteiger partial charge is 0.119 e. The van der Waals surface area contributed by atoms with Crippen LogP contribution in [0.4, 0.5) is 5.69 Å². The van der Waals surface area contributed by atoms with Crippen molar-refractivity contribution in [2.24, 2.45) is 5.92 Å². The van der Waals surface area contributed by atoms with Gasteiger partial charge in [-0.25, -0.2) is 0 Å². The molecule has 0 unspecified atom stereocenters. The summed E-state index contributed by atoms with van der Waals surface area (Å²) in [5, 5.41) is 5.02. The molecule has 2 aromatic rings. The molecule has 25 heavy (non-hydrogen) atoms. The molecule has 0 saturated carbocycles. The quantitative estimate of drug-likeness (QED) is 0.629. The average Bonchev–Trinajstić information content (AvgIpc) is 3.10. The van der Waals surface area contributed by atoms with Crippen molar-refractivity contribution in [3.05, 3.63) is 82.4 Å². The SMILES string of the molecule is C=CCOc1ccc([C@@H]2Nc3c(Cl)cc(Cl)cc3[C@@H]3C=CC[C@@H]32)cc1. The van der Waals surface area contributed by atoms with Crippen molar-refractivity contribution in [1.82, 2.24) is 0 Å². The van der Waals surface area contributed by atoms with Crippen LogP contribution in [0.15, 0.2) is 61.2 Å². The number of hydrogen-bond donors (Lipinski definition) is 1. The number of rotatable bonds is 4. The minimum atomic E-state index is 0.208. The molecule has 128 valence electrons. The highest BCUT2D eigenvalue weighted by molar-refractivity contribution is 6.36. The third-order valence-corrected chi connectivity index (χ3v) is 5.51. The molecular formula is C21H19Cl2NO. The maximum atomic E-state index is 6.47. The Balaban J connectivity index is 1.68. The van der Waals surface area contributed by atoms with Crippen LogP contribution in [0.2, 0.25) is 10.0 Å². The van der Waals surface area contributed by atoms with Crippen LogP contribution in [-0.2, 0) is 0 Å². The molecule has 0 radical (unpaired) electrons. The minimum absolute atomic E-state index is 0.208. The van der Waals surface area contributed by atoms with Gasteiger partial charge >= 0.3 is 0 Å². The number of anilines is 1. The summed E-state index contributed by atoms with van der Waals surface area (Å²) < 4.78 is 5.59. The summed E-state index contributed by atoms with van der Waals surface area (Å²) >= 11 is 12.7. The van der Waals surface area contributed by atoms with E-state index in [1.54, 1.807) is 12.1 Å². The Kier molecular flexibility index (Phi) is 4.49. The van der Waals surface area contributed by atoms with E-state index in [0.29, 0.717) is 28.5 Å². The number of benzene rings is 2. The van der Waals surface area contributed by atoms with E-state index in [4.69, 9.17) is 27.9 Å². The number of halogens is 2. The number of hydrogen-bond acceptors (Lipinski definition) is 2. The molecule has 2 aromatic carbocycles. The minimum Gasteiger partial charge on any atom is -0.490 e. The van der Waals surface area contributed by atoms with E-state index in [1.165, 1.54) is 11.1 Å². The van der Waals surface area contributed by atoms with E-state index in [-0.39, 0.29) is 6.04 Å².